The van der Waals surface area contributed by atoms with E-state index in [9.17, 15) is 0 Å². The normalized spacial score (nSPS) is 48.6. The van der Waals surface area contributed by atoms with Gasteiger partial charge < -0.3 is 0 Å². The van der Waals surface area contributed by atoms with Crippen molar-refractivity contribution in [2.45, 2.75) is 26.2 Å². The molecule has 2 aliphatic carbocycles. The second-order valence-corrected chi connectivity index (χ2v) is 3.70. The molecule has 0 aromatic carbocycles. The van der Waals surface area contributed by atoms with Gasteiger partial charge >= 0.3 is 0 Å². The summed E-state index contributed by atoms with van der Waals surface area (Å²) in [6.45, 7) is 6.42. The molecule has 0 spiro atoms. The second kappa shape index (κ2) is 1.62. The van der Waals surface area contributed by atoms with Crippen molar-refractivity contribution in [2.75, 3.05) is 0 Å². The zero-order chi connectivity index (χ0) is 6.43. The van der Waals surface area contributed by atoms with Crippen molar-refractivity contribution in [3.8, 4) is 0 Å². The first kappa shape index (κ1) is 5.52. The molecule has 0 amide bonds. The molecular formula is C9H14. The second-order valence-electron chi connectivity index (χ2n) is 3.70. The van der Waals surface area contributed by atoms with E-state index in [2.05, 4.69) is 13.5 Å². The summed E-state index contributed by atoms with van der Waals surface area (Å²) in [5.74, 6) is 2.94. The van der Waals surface area contributed by atoms with Crippen LogP contribution in [0.4, 0.5) is 0 Å². The predicted octanol–water partition coefficient (Wildman–Crippen LogP) is 2.61. The number of allylic oxidation sites excluding steroid dienone is 1. The molecular weight excluding hydrogens is 108 g/mol. The maximum atomic E-state index is 4.05. The molecule has 0 aromatic rings. The highest BCUT2D eigenvalue weighted by atomic mass is 14.5. The molecule has 0 nitrogen and oxygen atoms in total. The van der Waals surface area contributed by atoms with Crippen LogP contribution in [0.5, 0.6) is 0 Å². The van der Waals surface area contributed by atoms with Crippen molar-refractivity contribution < 1.29 is 0 Å². The first-order valence-corrected chi connectivity index (χ1v) is 3.96. The van der Waals surface area contributed by atoms with Gasteiger partial charge in [-0.2, -0.15) is 0 Å². The highest BCUT2D eigenvalue weighted by Gasteiger charge is 2.42. The van der Waals surface area contributed by atoms with Crippen LogP contribution in [0.15, 0.2) is 12.2 Å². The molecule has 9 heavy (non-hydrogen) atoms. The smallest absolute Gasteiger partial charge is 0.0149 e. The first-order chi connectivity index (χ1) is 4.29. The molecule has 0 radical (unpaired) electrons. The van der Waals surface area contributed by atoms with E-state index in [0.29, 0.717) is 0 Å². The maximum Gasteiger partial charge on any atom is -0.0149 e. The topological polar surface area (TPSA) is 0 Å². The van der Waals surface area contributed by atoms with Gasteiger partial charge in [0.05, 0.1) is 0 Å². The molecule has 2 aliphatic rings. The molecule has 2 fully saturated rings. The van der Waals surface area contributed by atoms with Gasteiger partial charge in [0.15, 0.2) is 0 Å². The van der Waals surface area contributed by atoms with Crippen LogP contribution in [0, 0.1) is 17.8 Å². The molecule has 0 aliphatic heterocycles. The molecule has 3 atom stereocenters. The minimum absolute atomic E-state index is 0.935. The summed E-state index contributed by atoms with van der Waals surface area (Å²) in [4.78, 5) is 0. The van der Waals surface area contributed by atoms with Crippen LogP contribution in [0.25, 0.3) is 0 Å². The summed E-state index contributed by atoms with van der Waals surface area (Å²) < 4.78 is 0. The Balaban J connectivity index is 2.14. The van der Waals surface area contributed by atoms with E-state index in [1.807, 2.05) is 0 Å². The van der Waals surface area contributed by atoms with Crippen LogP contribution in [-0.2, 0) is 0 Å². The Bertz CT molecular complexity index is 140. The highest BCUT2D eigenvalue weighted by molar-refractivity contribution is 5.18. The molecule has 2 rings (SSSR count). The lowest BCUT2D eigenvalue weighted by Gasteiger charge is -2.35. The molecule has 3 unspecified atom stereocenters. The van der Waals surface area contributed by atoms with E-state index in [1.165, 1.54) is 24.8 Å². The summed E-state index contributed by atoms with van der Waals surface area (Å²) in [5, 5.41) is 0. The Hall–Kier alpha value is -0.260. The third-order valence-electron chi connectivity index (χ3n) is 3.11. The van der Waals surface area contributed by atoms with Gasteiger partial charge in [-0.25, -0.2) is 0 Å². The zero-order valence-electron chi connectivity index (χ0n) is 6.06. The lowest BCUT2D eigenvalue weighted by molar-refractivity contribution is 0.281. The molecule has 0 heterocycles. The number of hydrogen-bond donors (Lipinski definition) is 0. The summed E-state index contributed by atoms with van der Waals surface area (Å²) in [7, 11) is 0. The maximum absolute atomic E-state index is 4.05. The molecule has 0 heteroatoms. The molecule has 0 saturated heterocycles. The Morgan fingerprint density at radius 3 is 2.67 bits per heavy atom. The fraction of sp³-hybridized carbons (Fsp3) is 0.778. The number of rotatable bonds is 0. The third-order valence-corrected chi connectivity index (χ3v) is 3.11. The van der Waals surface area contributed by atoms with Crippen molar-refractivity contribution in [1.29, 1.82) is 0 Å². The van der Waals surface area contributed by atoms with Crippen molar-refractivity contribution in [3.05, 3.63) is 12.2 Å². The largest absolute Gasteiger partial charge is 0.0995 e. The Kier molecular flexibility index (Phi) is 0.992. The average Bonchev–Trinajstić information content (AvgIpc) is 2.04. The van der Waals surface area contributed by atoms with Gasteiger partial charge in [0, 0.05) is 0 Å². The number of hydrogen-bond acceptors (Lipinski definition) is 0. The SMILES string of the molecule is C=C1CC2CCC(C)C12. The van der Waals surface area contributed by atoms with Crippen molar-refractivity contribution >= 4 is 0 Å². The fourth-order valence-corrected chi connectivity index (χ4v) is 2.58. The molecule has 2 saturated carbocycles. The van der Waals surface area contributed by atoms with E-state index >= 15 is 0 Å². The third kappa shape index (κ3) is 0.593. The highest BCUT2D eigenvalue weighted by Crippen LogP contribution is 2.52. The standard InChI is InChI=1S/C9H14/c1-6-3-4-8-5-7(2)9(6)8/h6,8-9H,2-5H2,1H3. The van der Waals surface area contributed by atoms with Crippen LogP contribution < -0.4 is 0 Å². The van der Waals surface area contributed by atoms with Crippen LogP contribution in [-0.4, -0.2) is 0 Å². The Labute approximate surface area is 57.0 Å². The van der Waals surface area contributed by atoms with E-state index in [-0.39, 0.29) is 0 Å². The van der Waals surface area contributed by atoms with Gasteiger partial charge in [-0.15, -0.1) is 0 Å². The lowest BCUT2D eigenvalue weighted by Crippen LogP contribution is -2.26. The summed E-state index contributed by atoms with van der Waals surface area (Å²) in [6.07, 6.45) is 4.27. The van der Waals surface area contributed by atoms with E-state index in [0.717, 1.165) is 17.8 Å². The van der Waals surface area contributed by atoms with E-state index in [1.54, 1.807) is 0 Å². The van der Waals surface area contributed by atoms with Crippen molar-refractivity contribution in [1.82, 2.24) is 0 Å². The minimum Gasteiger partial charge on any atom is -0.0995 e. The molecule has 0 bridgehead atoms. The fourth-order valence-electron chi connectivity index (χ4n) is 2.58. The monoisotopic (exact) mass is 122 g/mol. The van der Waals surface area contributed by atoms with Gasteiger partial charge in [-0.05, 0) is 37.0 Å². The average molecular weight is 122 g/mol. The number of fused-ring (bicyclic) bond motifs is 1. The van der Waals surface area contributed by atoms with Gasteiger partial charge in [0.25, 0.3) is 0 Å². The van der Waals surface area contributed by atoms with Gasteiger partial charge in [0.2, 0.25) is 0 Å². The molecule has 50 valence electrons. The van der Waals surface area contributed by atoms with Gasteiger partial charge in [-0.3, -0.25) is 0 Å². The van der Waals surface area contributed by atoms with Gasteiger partial charge in [-0.1, -0.05) is 19.1 Å². The van der Waals surface area contributed by atoms with Crippen LogP contribution in [0.2, 0.25) is 0 Å². The summed E-state index contributed by atoms with van der Waals surface area (Å²) in [5.41, 5.74) is 1.53. The van der Waals surface area contributed by atoms with Crippen LogP contribution >= 0.6 is 0 Å². The lowest BCUT2D eigenvalue weighted by atomic mass is 9.69. The Morgan fingerprint density at radius 1 is 1.44 bits per heavy atom. The van der Waals surface area contributed by atoms with Crippen molar-refractivity contribution in [2.24, 2.45) is 17.8 Å². The van der Waals surface area contributed by atoms with Crippen LogP contribution in [0.1, 0.15) is 26.2 Å². The zero-order valence-corrected chi connectivity index (χ0v) is 6.06. The Morgan fingerprint density at radius 2 is 2.22 bits per heavy atom. The quantitative estimate of drug-likeness (QED) is 0.433. The molecule has 0 aromatic heterocycles. The molecule has 0 N–H and O–H groups in total. The van der Waals surface area contributed by atoms with Crippen LogP contribution in [0.3, 0.4) is 0 Å². The summed E-state index contributed by atoms with van der Waals surface area (Å²) >= 11 is 0. The van der Waals surface area contributed by atoms with E-state index < -0.39 is 0 Å². The van der Waals surface area contributed by atoms with Crippen molar-refractivity contribution in [3.63, 3.8) is 0 Å². The van der Waals surface area contributed by atoms with E-state index in [4.69, 9.17) is 0 Å². The summed E-state index contributed by atoms with van der Waals surface area (Å²) in [6, 6.07) is 0. The predicted molar refractivity (Wildman–Crippen MR) is 39.1 cm³/mol. The van der Waals surface area contributed by atoms with Gasteiger partial charge in [0.1, 0.15) is 0 Å². The first-order valence-electron chi connectivity index (χ1n) is 3.96. The minimum atomic E-state index is 0.935.